The van der Waals surface area contributed by atoms with Gasteiger partial charge in [0.05, 0.1) is 0 Å². The highest BCUT2D eigenvalue weighted by Crippen LogP contribution is 2.25. The van der Waals surface area contributed by atoms with Crippen molar-refractivity contribution in [2.24, 2.45) is 0 Å². The molecule has 44 valence electrons. The topological polar surface area (TPSA) is 17.1 Å². The molecule has 1 atom stereocenters. The lowest BCUT2D eigenvalue weighted by Gasteiger charge is -1.92. The summed E-state index contributed by atoms with van der Waals surface area (Å²) in [6, 6.07) is 0. The molecule has 1 rings (SSSR count). The van der Waals surface area contributed by atoms with Crippen molar-refractivity contribution < 1.29 is 4.79 Å². The molecule has 0 spiro atoms. The predicted octanol–water partition coefficient (Wildman–Crippen LogP) is 1.27. The van der Waals surface area contributed by atoms with Crippen molar-refractivity contribution in [2.45, 2.75) is 18.1 Å². The van der Waals surface area contributed by atoms with Gasteiger partial charge in [0.25, 0.3) is 0 Å². The van der Waals surface area contributed by atoms with Gasteiger partial charge in [-0.3, -0.25) is 0 Å². The summed E-state index contributed by atoms with van der Waals surface area (Å²) in [6.45, 7) is 0. The Morgan fingerprint density at radius 3 is 3.12 bits per heavy atom. The van der Waals surface area contributed by atoms with Crippen molar-refractivity contribution >= 4 is 17.7 Å². The lowest BCUT2D eigenvalue weighted by Crippen LogP contribution is -1.87. The molecule has 0 N–H and O–H groups in total. The molecule has 0 aromatic heterocycles. The maximum atomic E-state index is 9.77. The van der Waals surface area contributed by atoms with Crippen molar-refractivity contribution in [3.63, 3.8) is 0 Å². The highest BCUT2D eigenvalue weighted by Gasteiger charge is 2.11. The van der Waals surface area contributed by atoms with Crippen LogP contribution in [0.25, 0.3) is 0 Å². The van der Waals surface area contributed by atoms with Crippen LogP contribution in [0, 0.1) is 0 Å². The van der Waals surface area contributed by atoms with E-state index < -0.39 is 0 Å². The minimum absolute atomic E-state index is 0.479. The van der Waals surface area contributed by atoms with Crippen LogP contribution in [0.3, 0.4) is 0 Å². The highest BCUT2D eigenvalue weighted by molar-refractivity contribution is 8.00. The quantitative estimate of drug-likeness (QED) is 0.495. The minimum Gasteiger partial charge on any atom is -0.234 e. The molecule has 2 heteroatoms. The van der Waals surface area contributed by atoms with Crippen LogP contribution in [-0.4, -0.2) is 16.9 Å². The first-order valence-corrected chi connectivity index (χ1v) is 3.81. The zero-order valence-electron chi connectivity index (χ0n) is 4.59. The van der Waals surface area contributed by atoms with Crippen LogP contribution in [-0.2, 0) is 4.79 Å². The van der Waals surface area contributed by atoms with E-state index in [1.54, 1.807) is 6.08 Å². The smallest absolute Gasteiger partial charge is 0.121 e. The van der Waals surface area contributed by atoms with Crippen molar-refractivity contribution in [2.75, 3.05) is 5.75 Å². The molecule has 1 unspecified atom stereocenters. The Bertz CT molecular complexity index is 110. The Kier molecular flexibility index (Phi) is 2.19. The highest BCUT2D eigenvalue weighted by atomic mass is 32.2. The second kappa shape index (κ2) is 2.95. The van der Waals surface area contributed by atoms with E-state index in [0.29, 0.717) is 5.25 Å². The molecule has 0 bridgehead atoms. The Labute approximate surface area is 53.2 Å². The third-order valence-electron chi connectivity index (χ3n) is 1.22. The van der Waals surface area contributed by atoms with E-state index in [1.165, 1.54) is 18.6 Å². The summed E-state index contributed by atoms with van der Waals surface area (Å²) < 4.78 is 0. The van der Waals surface area contributed by atoms with E-state index >= 15 is 0 Å². The molecule has 1 fully saturated rings. The van der Waals surface area contributed by atoms with Crippen molar-refractivity contribution in [3.05, 3.63) is 6.08 Å². The van der Waals surface area contributed by atoms with E-state index in [9.17, 15) is 4.79 Å². The van der Waals surface area contributed by atoms with Gasteiger partial charge in [0.1, 0.15) is 5.94 Å². The summed E-state index contributed by atoms with van der Waals surface area (Å²) in [6.07, 6.45) is 4.05. The zero-order chi connectivity index (χ0) is 5.82. The van der Waals surface area contributed by atoms with Gasteiger partial charge in [-0.1, -0.05) is 0 Å². The van der Waals surface area contributed by atoms with Gasteiger partial charge in [-0.25, -0.2) is 4.79 Å². The summed E-state index contributed by atoms with van der Waals surface area (Å²) >= 11 is 1.85. The molecule has 0 saturated carbocycles. The standard InChI is InChI=1S/C6H8OS/c7-4-3-6-2-1-5-8-6/h3,6H,1-2,5H2. The van der Waals surface area contributed by atoms with Gasteiger partial charge < -0.3 is 0 Å². The molecule has 0 aromatic rings. The summed E-state index contributed by atoms with van der Waals surface area (Å²) in [5.74, 6) is 3.02. The van der Waals surface area contributed by atoms with Crippen LogP contribution < -0.4 is 0 Å². The maximum Gasteiger partial charge on any atom is 0.121 e. The van der Waals surface area contributed by atoms with Gasteiger partial charge >= 0.3 is 0 Å². The number of thioether (sulfide) groups is 1. The Balaban J connectivity index is 2.35. The van der Waals surface area contributed by atoms with Gasteiger partial charge in [-0.15, -0.1) is 0 Å². The first-order valence-electron chi connectivity index (χ1n) is 2.76. The number of hydrogen-bond donors (Lipinski definition) is 0. The SMILES string of the molecule is O=C=CC1CCCS1. The third kappa shape index (κ3) is 1.39. The second-order valence-electron chi connectivity index (χ2n) is 1.84. The normalized spacial score (nSPS) is 27.2. The lowest BCUT2D eigenvalue weighted by molar-refractivity contribution is 0.568. The Hall–Kier alpha value is -0.200. The molecule has 0 aliphatic carbocycles. The fraction of sp³-hybridized carbons (Fsp3) is 0.667. The van der Waals surface area contributed by atoms with Crippen molar-refractivity contribution in [1.82, 2.24) is 0 Å². The number of hydrogen-bond acceptors (Lipinski definition) is 2. The maximum absolute atomic E-state index is 9.77. The Morgan fingerprint density at radius 1 is 1.75 bits per heavy atom. The van der Waals surface area contributed by atoms with Crippen LogP contribution in [0.4, 0.5) is 0 Å². The molecule has 8 heavy (non-hydrogen) atoms. The fourth-order valence-electron chi connectivity index (χ4n) is 0.810. The Morgan fingerprint density at radius 2 is 2.62 bits per heavy atom. The minimum atomic E-state index is 0.479. The molecular weight excluding hydrogens is 120 g/mol. The summed E-state index contributed by atoms with van der Waals surface area (Å²) in [5, 5.41) is 0.479. The fourth-order valence-corrected chi connectivity index (χ4v) is 1.93. The van der Waals surface area contributed by atoms with Gasteiger partial charge in [0.15, 0.2) is 0 Å². The first kappa shape index (κ1) is 5.93. The van der Waals surface area contributed by atoms with Crippen molar-refractivity contribution in [1.29, 1.82) is 0 Å². The number of carbonyl (C=O) groups excluding carboxylic acids is 1. The second-order valence-corrected chi connectivity index (χ2v) is 3.18. The van der Waals surface area contributed by atoms with E-state index in [2.05, 4.69) is 0 Å². The molecular formula is C6H8OS. The lowest BCUT2D eigenvalue weighted by atomic mass is 10.2. The largest absolute Gasteiger partial charge is 0.234 e. The third-order valence-corrected chi connectivity index (χ3v) is 2.54. The summed E-state index contributed by atoms with van der Waals surface area (Å²) in [5.41, 5.74) is 0. The zero-order valence-corrected chi connectivity index (χ0v) is 5.41. The molecule has 1 nitrogen and oxygen atoms in total. The average Bonchev–Trinajstić information content (AvgIpc) is 2.19. The van der Waals surface area contributed by atoms with Crippen LogP contribution in [0.5, 0.6) is 0 Å². The predicted molar refractivity (Wildman–Crippen MR) is 35.7 cm³/mol. The van der Waals surface area contributed by atoms with Gasteiger partial charge in [0.2, 0.25) is 0 Å². The van der Waals surface area contributed by atoms with Gasteiger partial charge in [0, 0.05) is 11.3 Å². The molecule has 1 aliphatic rings. The molecule has 0 aromatic carbocycles. The van der Waals surface area contributed by atoms with E-state index in [-0.39, 0.29) is 0 Å². The van der Waals surface area contributed by atoms with E-state index in [1.807, 2.05) is 17.7 Å². The number of rotatable bonds is 1. The summed E-state index contributed by atoms with van der Waals surface area (Å²) in [7, 11) is 0. The van der Waals surface area contributed by atoms with E-state index in [4.69, 9.17) is 0 Å². The van der Waals surface area contributed by atoms with Crippen LogP contribution in [0.2, 0.25) is 0 Å². The summed E-state index contributed by atoms with van der Waals surface area (Å²) in [4.78, 5) is 9.77. The van der Waals surface area contributed by atoms with Crippen molar-refractivity contribution in [3.8, 4) is 0 Å². The van der Waals surface area contributed by atoms with Crippen LogP contribution in [0.15, 0.2) is 6.08 Å². The van der Waals surface area contributed by atoms with Gasteiger partial charge in [-0.05, 0) is 18.6 Å². The monoisotopic (exact) mass is 128 g/mol. The van der Waals surface area contributed by atoms with Crippen LogP contribution in [0.1, 0.15) is 12.8 Å². The molecule has 0 amide bonds. The molecule has 1 saturated heterocycles. The molecule has 1 heterocycles. The van der Waals surface area contributed by atoms with Crippen LogP contribution >= 0.6 is 11.8 Å². The average molecular weight is 128 g/mol. The molecule has 1 aliphatic heterocycles. The first-order chi connectivity index (χ1) is 3.93. The van der Waals surface area contributed by atoms with Gasteiger partial charge in [-0.2, -0.15) is 11.8 Å². The van der Waals surface area contributed by atoms with E-state index in [0.717, 1.165) is 0 Å². The molecule has 0 radical (unpaired) electrons.